The Morgan fingerprint density at radius 2 is 2.07 bits per heavy atom. The number of thioether (sulfide) groups is 1. The molecule has 0 spiro atoms. The summed E-state index contributed by atoms with van der Waals surface area (Å²) in [7, 11) is 0. The van der Waals surface area contributed by atoms with Crippen LogP contribution in [0.1, 0.15) is 10.4 Å². The predicted octanol–water partition coefficient (Wildman–Crippen LogP) is 1.76. The molecule has 0 unspecified atom stereocenters. The molecule has 0 aromatic heterocycles. The maximum absolute atomic E-state index is 10.7. The highest BCUT2D eigenvalue weighted by Crippen LogP contribution is 2.24. The first-order valence-electron chi connectivity index (χ1n) is 4.92. The Morgan fingerprint density at radius 3 is 2.73 bits per heavy atom. The number of rotatable bonds is 2. The molecule has 1 heterocycles. The van der Waals surface area contributed by atoms with Crippen LogP contribution in [-0.4, -0.2) is 36.0 Å². The molecule has 80 valence electrons. The standard InChI is InChI=1S/C11H13NO2S/c13-8-9-7-10(1-2-11(9)14)12-3-5-15-6-4-12/h1-2,7-8,14H,3-6H2. The van der Waals surface area contributed by atoms with Crippen molar-refractivity contribution >= 4 is 23.7 Å². The molecule has 0 radical (unpaired) electrons. The Hall–Kier alpha value is -1.16. The minimum Gasteiger partial charge on any atom is -0.507 e. The molecule has 1 N–H and O–H groups in total. The molecule has 0 aliphatic carbocycles. The topological polar surface area (TPSA) is 40.5 Å². The first-order valence-corrected chi connectivity index (χ1v) is 6.07. The second-order valence-corrected chi connectivity index (χ2v) is 4.69. The van der Waals surface area contributed by atoms with Crippen LogP contribution in [-0.2, 0) is 0 Å². The van der Waals surface area contributed by atoms with Gasteiger partial charge in [0.1, 0.15) is 5.75 Å². The van der Waals surface area contributed by atoms with Crippen LogP contribution >= 0.6 is 11.8 Å². The van der Waals surface area contributed by atoms with E-state index in [1.54, 1.807) is 12.1 Å². The van der Waals surface area contributed by atoms with Crippen LogP contribution in [0.15, 0.2) is 18.2 Å². The Balaban J connectivity index is 2.23. The van der Waals surface area contributed by atoms with E-state index in [4.69, 9.17) is 0 Å². The second-order valence-electron chi connectivity index (χ2n) is 3.46. The smallest absolute Gasteiger partial charge is 0.153 e. The van der Waals surface area contributed by atoms with Gasteiger partial charge in [-0.2, -0.15) is 11.8 Å². The molecule has 4 heteroatoms. The van der Waals surface area contributed by atoms with Crippen LogP contribution in [0.4, 0.5) is 5.69 Å². The van der Waals surface area contributed by atoms with Crippen molar-refractivity contribution in [1.29, 1.82) is 0 Å². The number of carbonyl (C=O) groups is 1. The molecule has 1 aliphatic rings. The van der Waals surface area contributed by atoms with Crippen LogP contribution in [0, 0.1) is 0 Å². The second kappa shape index (κ2) is 4.57. The molecular formula is C11H13NO2S. The lowest BCUT2D eigenvalue weighted by Gasteiger charge is -2.28. The van der Waals surface area contributed by atoms with E-state index in [0.717, 1.165) is 30.3 Å². The summed E-state index contributed by atoms with van der Waals surface area (Å²) in [6.07, 6.45) is 0.692. The van der Waals surface area contributed by atoms with Crippen LogP contribution in [0.2, 0.25) is 0 Å². The number of carbonyl (C=O) groups excluding carboxylic acids is 1. The zero-order valence-electron chi connectivity index (χ0n) is 8.35. The van der Waals surface area contributed by atoms with Gasteiger partial charge in [0.15, 0.2) is 6.29 Å². The average molecular weight is 223 g/mol. The number of hydrogen-bond donors (Lipinski definition) is 1. The van der Waals surface area contributed by atoms with Crippen molar-refractivity contribution in [3.8, 4) is 5.75 Å². The highest BCUT2D eigenvalue weighted by atomic mass is 32.2. The normalized spacial score (nSPS) is 16.4. The molecule has 3 nitrogen and oxygen atoms in total. The van der Waals surface area contributed by atoms with Gasteiger partial charge in [-0.05, 0) is 18.2 Å². The largest absolute Gasteiger partial charge is 0.507 e. The van der Waals surface area contributed by atoms with Gasteiger partial charge in [0.25, 0.3) is 0 Å². The van der Waals surface area contributed by atoms with Gasteiger partial charge in [-0.3, -0.25) is 4.79 Å². The van der Waals surface area contributed by atoms with E-state index in [9.17, 15) is 9.90 Å². The maximum Gasteiger partial charge on any atom is 0.153 e. The molecule has 0 atom stereocenters. The van der Waals surface area contributed by atoms with Crippen molar-refractivity contribution in [2.75, 3.05) is 29.5 Å². The Kier molecular flexibility index (Phi) is 3.16. The molecular weight excluding hydrogens is 210 g/mol. The Labute approximate surface area is 93.1 Å². The molecule has 1 fully saturated rings. The van der Waals surface area contributed by atoms with Crippen molar-refractivity contribution < 1.29 is 9.90 Å². The highest BCUT2D eigenvalue weighted by Gasteiger charge is 2.12. The summed E-state index contributed by atoms with van der Waals surface area (Å²) < 4.78 is 0. The van der Waals surface area contributed by atoms with E-state index < -0.39 is 0 Å². The minimum absolute atomic E-state index is 0.0557. The van der Waals surface area contributed by atoms with Gasteiger partial charge in [-0.15, -0.1) is 0 Å². The van der Waals surface area contributed by atoms with Crippen LogP contribution < -0.4 is 4.90 Å². The van der Waals surface area contributed by atoms with E-state index in [2.05, 4.69) is 4.90 Å². The fourth-order valence-corrected chi connectivity index (χ4v) is 2.56. The van der Waals surface area contributed by atoms with Crippen molar-refractivity contribution in [2.24, 2.45) is 0 Å². The molecule has 2 rings (SSSR count). The van der Waals surface area contributed by atoms with Gasteiger partial charge in [-0.25, -0.2) is 0 Å². The summed E-state index contributed by atoms with van der Waals surface area (Å²) in [6.45, 7) is 2.02. The number of benzene rings is 1. The zero-order chi connectivity index (χ0) is 10.7. The van der Waals surface area contributed by atoms with E-state index in [1.165, 1.54) is 0 Å². The van der Waals surface area contributed by atoms with E-state index in [-0.39, 0.29) is 5.75 Å². The molecule has 15 heavy (non-hydrogen) atoms. The number of hydrogen-bond acceptors (Lipinski definition) is 4. The summed E-state index contributed by atoms with van der Waals surface area (Å²) in [4.78, 5) is 12.9. The summed E-state index contributed by atoms with van der Waals surface area (Å²) in [5.41, 5.74) is 1.39. The van der Waals surface area contributed by atoms with Gasteiger partial charge in [-0.1, -0.05) is 0 Å². The molecule has 1 aromatic rings. The van der Waals surface area contributed by atoms with E-state index in [0.29, 0.717) is 11.8 Å². The number of nitrogens with zero attached hydrogens (tertiary/aromatic N) is 1. The lowest BCUT2D eigenvalue weighted by Crippen LogP contribution is -2.32. The summed E-state index contributed by atoms with van der Waals surface area (Å²) >= 11 is 1.95. The third-order valence-electron chi connectivity index (χ3n) is 2.51. The number of aldehydes is 1. The fraction of sp³-hybridized carbons (Fsp3) is 0.364. The SMILES string of the molecule is O=Cc1cc(N2CCSCC2)ccc1O. The van der Waals surface area contributed by atoms with Crippen LogP contribution in [0.25, 0.3) is 0 Å². The molecule has 0 bridgehead atoms. The van der Waals surface area contributed by atoms with E-state index in [1.807, 2.05) is 17.8 Å². The molecule has 1 aliphatic heterocycles. The third-order valence-corrected chi connectivity index (χ3v) is 3.46. The minimum atomic E-state index is 0.0557. The molecule has 0 saturated carbocycles. The van der Waals surface area contributed by atoms with E-state index >= 15 is 0 Å². The summed E-state index contributed by atoms with van der Waals surface area (Å²) in [5.74, 6) is 2.30. The van der Waals surface area contributed by atoms with Crippen LogP contribution in [0.3, 0.4) is 0 Å². The maximum atomic E-state index is 10.7. The number of anilines is 1. The van der Waals surface area contributed by atoms with Gasteiger partial charge in [0.05, 0.1) is 5.56 Å². The lowest BCUT2D eigenvalue weighted by atomic mass is 10.2. The Bertz CT molecular complexity index is 362. The van der Waals surface area contributed by atoms with Gasteiger partial charge in [0, 0.05) is 30.3 Å². The summed E-state index contributed by atoms with van der Waals surface area (Å²) in [5, 5.41) is 9.38. The average Bonchev–Trinajstić information content (AvgIpc) is 2.31. The fourth-order valence-electron chi connectivity index (χ4n) is 1.65. The number of phenolic OH excluding ortho intramolecular Hbond substituents is 1. The number of phenols is 1. The van der Waals surface area contributed by atoms with Crippen molar-refractivity contribution in [3.05, 3.63) is 23.8 Å². The lowest BCUT2D eigenvalue weighted by molar-refractivity contribution is 0.112. The summed E-state index contributed by atoms with van der Waals surface area (Å²) in [6, 6.07) is 5.19. The van der Waals surface area contributed by atoms with Crippen LogP contribution in [0.5, 0.6) is 5.75 Å². The monoisotopic (exact) mass is 223 g/mol. The number of aromatic hydroxyl groups is 1. The molecule has 1 saturated heterocycles. The van der Waals surface area contributed by atoms with Crippen molar-refractivity contribution in [2.45, 2.75) is 0 Å². The van der Waals surface area contributed by atoms with Gasteiger partial charge >= 0.3 is 0 Å². The zero-order valence-corrected chi connectivity index (χ0v) is 9.17. The third kappa shape index (κ3) is 2.26. The quantitative estimate of drug-likeness (QED) is 0.776. The molecule has 1 aromatic carbocycles. The van der Waals surface area contributed by atoms with Gasteiger partial charge in [0.2, 0.25) is 0 Å². The first kappa shape index (κ1) is 10.4. The highest BCUT2D eigenvalue weighted by molar-refractivity contribution is 7.99. The van der Waals surface area contributed by atoms with Gasteiger partial charge < -0.3 is 10.0 Å². The predicted molar refractivity (Wildman–Crippen MR) is 63.0 cm³/mol. The van der Waals surface area contributed by atoms with Crippen molar-refractivity contribution in [1.82, 2.24) is 0 Å². The van der Waals surface area contributed by atoms with Crippen molar-refractivity contribution in [3.63, 3.8) is 0 Å². The first-order chi connectivity index (χ1) is 7.31. The molecule has 0 amide bonds. The Morgan fingerprint density at radius 1 is 1.33 bits per heavy atom.